The average Bonchev–Trinajstić information content (AvgIpc) is 2.81. The Balaban J connectivity index is 2.10. The number of hydrogen-bond donors (Lipinski definition) is 1. The Kier molecular flexibility index (Phi) is 7.64. The summed E-state index contributed by atoms with van der Waals surface area (Å²) in [6.07, 6.45) is 1.79. The third-order valence-corrected chi connectivity index (χ3v) is 4.10. The monoisotopic (exact) mass is 315 g/mol. The smallest absolute Gasteiger partial charge is 0.224 e. The van der Waals surface area contributed by atoms with E-state index in [0.717, 1.165) is 12.1 Å². The van der Waals surface area contributed by atoms with Crippen LogP contribution in [0, 0.1) is 6.92 Å². The number of thiocarbonyl (C=S) groups is 1. The number of amides is 1. The second kappa shape index (κ2) is 8.99. The fraction of sp³-hybridized carbons (Fsp3) is 0.615. The molecule has 5 nitrogen and oxygen atoms in total. The van der Waals surface area contributed by atoms with Crippen LogP contribution in [-0.2, 0) is 16.0 Å². The minimum atomic E-state index is 0.0511. The molecule has 1 amide bonds. The molecule has 0 spiro atoms. The van der Waals surface area contributed by atoms with Gasteiger partial charge in [-0.25, -0.2) is 4.98 Å². The van der Waals surface area contributed by atoms with Gasteiger partial charge in [-0.2, -0.15) is 0 Å². The number of rotatable bonds is 9. The first-order valence-electron chi connectivity index (χ1n) is 6.49. The summed E-state index contributed by atoms with van der Waals surface area (Å²) in [6.45, 7) is 3.61. The van der Waals surface area contributed by atoms with E-state index in [1.54, 1.807) is 23.3 Å². The number of nitrogens with two attached hydrogens (primary N) is 1. The van der Waals surface area contributed by atoms with Crippen molar-refractivity contribution < 1.29 is 9.53 Å². The Morgan fingerprint density at radius 1 is 1.50 bits per heavy atom. The van der Waals surface area contributed by atoms with Crippen molar-refractivity contribution >= 4 is 34.5 Å². The number of carbonyl (C=O) groups is 1. The van der Waals surface area contributed by atoms with Crippen LogP contribution >= 0.6 is 23.6 Å². The molecule has 1 aromatic rings. The van der Waals surface area contributed by atoms with Crippen molar-refractivity contribution in [2.75, 3.05) is 26.8 Å². The predicted molar refractivity (Wildman–Crippen MR) is 85.0 cm³/mol. The lowest BCUT2D eigenvalue weighted by molar-refractivity contribution is -0.130. The molecule has 0 unspecified atom stereocenters. The molecular formula is C13H21N3O2S2. The predicted octanol–water partition coefficient (Wildman–Crippen LogP) is 1.54. The quantitative estimate of drug-likeness (QED) is 0.553. The van der Waals surface area contributed by atoms with Crippen molar-refractivity contribution in [3.05, 3.63) is 16.1 Å². The van der Waals surface area contributed by atoms with Crippen molar-refractivity contribution in [2.24, 2.45) is 5.73 Å². The molecule has 1 rings (SSSR count). The van der Waals surface area contributed by atoms with E-state index in [1.807, 2.05) is 12.4 Å². The SMILES string of the molecule is Cc1ncsc1CCOCCC(=O)N(C)CCC(N)=S. The Hall–Kier alpha value is -1.05. The summed E-state index contributed by atoms with van der Waals surface area (Å²) in [5, 5.41) is 0. The van der Waals surface area contributed by atoms with Gasteiger partial charge in [-0.1, -0.05) is 12.2 Å². The fourth-order valence-corrected chi connectivity index (χ4v) is 2.44. The van der Waals surface area contributed by atoms with E-state index < -0.39 is 0 Å². The molecule has 112 valence electrons. The van der Waals surface area contributed by atoms with Gasteiger partial charge in [-0.15, -0.1) is 11.3 Å². The highest BCUT2D eigenvalue weighted by Gasteiger charge is 2.08. The minimum Gasteiger partial charge on any atom is -0.393 e. The second-order valence-electron chi connectivity index (χ2n) is 4.50. The zero-order valence-corrected chi connectivity index (χ0v) is 13.6. The summed E-state index contributed by atoms with van der Waals surface area (Å²) >= 11 is 6.42. The van der Waals surface area contributed by atoms with Gasteiger partial charge in [0.15, 0.2) is 0 Å². The molecule has 0 saturated heterocycles. The molecule has 0 radical (unpaired) electrons. The number of hydrogen-bond acceptors (Lipinski definition) is 5. The summed E-state index contributed by atoms with van der Waals surface area (Å²) < 4.78 is 5.49. The van der Waals surface area contributed by atoms with Gasteiger partial charge in [0.1, 0.15) is 0 Å². The van der Waals surface area contributed by atoms with Crippen LogP contribution < -0.4 is 5.73 Å². The molecule has 0 atom stereocenters. The molecule has 0 saturated carbocycles. The van der Waals surface area contributed by atoms with Crippen molar-refractivity contribution in [1.82, 2.24) is 9.88 Å². The molecule has 0 aliphatic rings. The number of aromatic nitrogens is 1. The maximum atomic E-state index is 11.8. The Morgan fingerprint density at radius 2 is 2.25 bits per heavy atom. The number of nitrogens with zero attached hydrogens (tertiary/aromatic N) is 2. The highest BCUT2D eigenvalue weighted by molar-refractivity contribution is 7.80. The Bertz CT molecular complexity index is 449. The minimum absolute atomic E-state index is 0.0511. The van der Waals surface area contributed by atoms with Gasteiger partial charge in [-0.3, -0.25) is 4.79 Å². The molecule has 0 fully saturated rings. The molecule has 1 heterocycles. The summed E-state index contributed by atoms with van der Waals surface area (Å²) in [5.41, 5.74) is 8.30. The average molecular weight is 315 g/mol. The summed E-state index contributed by atoms with van der Waals surface area (Å²) in [7, 11) is 1.75. The van der Waals surface area contributed by atoms with E-state index in [-0.39, 0.29) is 5.91 Å². The van der Waals surface area contributed by atoms with E-state index >= 15 is 0 Å². The summed E-state index contributed by atoms with van der Waals surface area (Å²) in [4.78, 5) is 19.2. The molecule has 2 N–H and O–H groups in total. The van der Waals surface area contributed by atoms with E-state index in [4.69, 9.17) is 22.7 Å². The highest BCUT2D eigenvalue weighted by atomic mass is 32.1. The van der Waals surface area contributed by atoms with E-state index in [0.29, 0.717) is 37.6 Å². The van der Waals surface area contributed by atoms with E-state index in [2.05, 4.69) is 4.98 Å². The first kappa shape index (κ1) is 17.0. The van der Waals surface area contributed by atoms with Crippen LogP contribution in [0.4, 0.5) is 0 Å². The Morgan fingerprint density at radius 3 is 2.85 bits per heavy atom. The summed E-state index contributed by atoms with van der Waals surface area (Å²) in [5.74, 6) is 0.0511. The van der Waals surface area contributed by atoms with Crippen LogP contribution in [0.15, 0.2) is 5.51 Å². The number of thiazole rings is 1. The van der Waals surface area contributed by atoms with Crippen molar-refractivity contribution in [3.63, 3.8) is 0 Å². The van der Waals surface area contributed by atoms with Crippen LogP contribution in [0.2, 0.25) is 0 Å². The van der Waals surface area contributed by atoms with Gasteiger partial charge in [0, 0.05) is 31.3 Å². The summed E-state index contributed by atoms with van der Waals surface area (Å²) in [6, 6.07) is 0. The molecule has 0 aromatic carbocycles. The number of aryl methyl sites for hydroxylation is 1. The normalized spacial score (nSPS) is 10.5. The van der Waals surface area contributed by atoms with Gasteiger partial charge in [-0.05, 0) is 6.92 Å². The Labute approximate surface area is 129 Å². The molecule has 0 bridgehead atoms. The first-order valence-corrected chi connectivity index (χ1v) is 7.78. The molecule has 1 aromatic heterocycles. The van der Waals surface area contributed by atoms with Gasteiger partial charge < -0.3 is 15.4 Å². The van der Waals surface area contributed by atoms with Crippen LogP contribution in [-0.4, -0.2) is 47.6 Å². The topological polar surface area (TPSA) is 68.5 Å². The fourth-order valence-electron chi connectivity index (χ4n) is 1.59. The number of ether oxygens (including phenoxy) is 1. The van der Waals surface area contributed by atoms with Gasteiger partial charge in [0.05, 0.1) is 35.8 Å². The van der Waals surface area contributed by atoms with Crippen molar-refractivity contribution in [1.29, 1.82) is 0 Å². The highest BCUT2D eigenvalue weighted by Crippen LogP contribution is 2.12. The van der Waals surface area contributed by atoms with Gasteiger partial charge >= 0.3 is 0 Å². The van der Waals surface area contributed by atoms with Crippen LogP contribution in [0.5, 0.6) is 0 Å². The lowest BCUT2D eigenvalue weighted by Crippen LogP contribution is -2.30. The third kappa shape index (κ3) is 6.40. The van der Waals surface area contributed by atoms with E-state index in [1.165, 1.54) is 4.88 Å². The van der Waals surface area contributed by atoms with Crippen LogP contribution in [0.1, 0.15) is 23.4 Å². The van der Waals surface area contributed by atoms with Crippen molar-refractivity contribution in [2.45, 2.75) is 26.2 Å². The standard InChI is InChI=1S/C13H21N3O2S2/c1-10-11(20-9-15-10)4-7-18-8-5-13(17)16(2)6-3-12(14)19/h9H,3-8H2,1-2H3,(H2,14,19). The van der Waals surface area contributed by atoms with Crippen molar-refractivity contribution in [3.8, 4) is 0 Å². The molecular weight excluding hydrogens is 294 g/mol. The number of carbonyl (C=O) groups excluding carboxylic acids is 1. The lowest BCUT2D eigenvalue weighted by atomic mass is 10.3. The molecule has 0 aliphatic heterocycles. The van der Waals surface area contributed by atoms with Gasteiger partial charge in [0.25, 0.3) is 0 Å². The van der Waals surface area contributed by atoms with Crippen LogP contribution in [0.3, 0.4) is 0 Å². The zero-order valence-electron chi connectivity index (χ0n) is 11.9. The molecule has 7 heteroatoms. The largest absolute Gasteiger partial charge is 0.393 e. The maximum absolute atomic E-state index is 11.8. The lowest BCUT2D eigenvalue weighted by Gasteiger charge is -2.16. The molecule has 0 aliphatic carbocycles. The van der Waals surface area contributed by atoms with Gasteiger partial charge in [0.2, 0.25) is 5.91 Å². The maximum Gasteiger partial charge on any atom is 0.224 e. The zero-order chi connectivity index (χ0) is 15.0. The van der Waals surface area contributed by atoms with E-state index in [9.17, 15) is 4.79 Å². The van der Waals surface area contributed by atoms with Crippen LogP contribution in [0.25, 0.3) is 0 Å². The first-order chi connectivity index (χ1) is 9.50. The third-order valence-electron chi connectivity index (χ3n) is 2.90. The second-order valence-corrected chi connectivity index (χ2v) is 5.97. The molecule has 20 heavy (non-hydrogen) atoms.